The maximum atomic E-state index is 6.10. The largest absolute Gasteiger partial charge is 0.368 e. The maximum Gasteiger partial charge on any atom is 0.227 e. The molecule has 0 N–H and O–H groups in total. The summed E-state index contributed by atoms with van der Waals surface area (Å²) in [4.78, 5) is 16.0. The predicted octanol–water partition coefficient (Wildman–Crippen LogP) is 3.30. The van der Waals surface area contributed by atoms with Crippen LogP contribution < -0.4 is 14.7 Å². The van der Waals surface area contributed by atoms with E-state index >= 15 is 0 Å². The van der Waals surface area contributed by atoms with Crippen LogP contribution in [0.4, 0.5) is 17.5 Å². The van der Waals surface area contributed by atoms with Crippen LogP contribution in [0.2, 0.25) is 5.02 Å². The van der Waals surface area contributed by atoms with Crippen LogP contribution in [0.15, 0.2) is 36.5 Å². The molecule has 0 amide bonds. The SMILES string of the molecule is CCN(CC)c1nccc(N2CCN(c3cccc(Cl)c3)CC2)n1. The standard InChI is InChI=1S/C18H24ClN5/c1-3-22(4-2)18-20-9-8-17(21-18)24-12-10-23(11-13-24)16-7-5-6-15(19)14-16/h5-9,14H,3-4,10-13H2,1-2H3. The molecule has 0 saturated carbocycles. The van der Waals surface area contributed by atoms with E-state index in [9.17, 15) is 0 Å². The number of hydrogen-bond acceptors (Lipinski definition) is 5. The summed E-state index contributed by atoms with van der Waals surface area (Å²) in [7, 11) is 0. The fourth-order valence-electron chi connectivity index (χ4n) is 3.04. The lowest BCUT2D eigenvalue weighted by molar-refractivity contribution is 0.646. The van der Waals surface area contributed by atoms with Crippen LogP contribution in [0.1, 0.15) is 13.8 Å². The summed E-state index contributed by atoms with van der Waals surface area (Å²) in [6.07, 6.45) is 1.86. The lowest BCUT2D eigenvalue weighted by Crippen LogP contribution is -2.47. The van der Waals surface area contributed by atoms with E-state index in [1.54, 1.807) is 0 Å². The van der Waals surface area contributed by atoms with Gasteiger partial charge in [0, 0.05) is 56.2 Å². The molecule has 2 aromatic rings. The van der Waals surface area contributed by atoms with Crippen molar-refractivity contribution in [1.82, 2.24) is 9.97 Å². The molecule has 0 aliphatic carbocycles. The maximum absolute atomic E-state index is 6.10. The Kier molecular flexibility index (Phi) is 5.41. The normalized spacial score (nSPS) is 14.8. The zero-order valence-corrected chi connectivity index (χ0v) is 15.1. The van der Waals surface area contributed by atoms with E-state index in [4.69, 9.17) is 16.6 Å². The fourth-order valence-corrected chi connectivity index (χ4v) is 3.23. The van der Waals surface area contributed by atoms with Crippen molar-refractivity contribution < 1.29 is 0 Å². The van der Waals surface area contributed by atoms with Gasteiger partial charge in [-0.05, 0) is 38.1 Å². The van der Waals surface area contributed by atoms with E-state index in [-0.39, 0.29) is 0 Å². The van der Waals surface area contributed by atoms with Gasteiger partial charge in [-0.1, -0.05) is 17.7 Å². The number of rotatable bonds is 5. The molecule has 1 fully saturated rings. The Balaban J connectivity index is 1.67. The highest BCUT2D eigenvalue weighted by Crippen LogP contribution is 2.22. The summed E-state index contributed by atoms with van der Waals surface area (Å²) >= 11 is 6.10. The summed E-state index contributed by atoms with van der Waals surface area (Å²) < 4.78 is 0. The number of halogens is 1. The minimum Gasteiger partial charge on any atom is -0.368 e. The first kappa shape index (κ1) is 16.8. The number of benzene rings is 1. The molecule has 24 heavy (non-hydrogen) atoms. The zero-order valence-electron chi connectivity index (χ0n) is 14.3. The molecule has 0 radical (unpaired) electrons. The van der Waals surface area contributed by atoms with E-state index in [1.807, 2.05) is 30.5 Å². The molecule has 0 bridgehead atoms. The summed E-state index contributed by atoms with van der Waals surface area (Å²) in [5, 5.41) is 0.787. The van der Waals surface area contributed by atoms with Gasteiger partial charge in [0.1, 0.15) is 5.82 Å². The molecule has 1 aromatic heterocycles. The summed E-state index contributed by atoms with van der Waals surface area (Å²) in [5.74, 6) is 1.83. The first-order chi connectivity index (χ1) is 11.7. The monoisotopic (exact) mass is 345 g/mol. The second-order valence-corrected chi connectivity index (χ2v) is 6.28. The Bertz CT molecular complexity index is 666. The van der Waals surface area contributed by atoms with Crippen molar-refractivity contribution in [2.24, 2.45) is 0 Å². The third-order valence-corrected chi connectivity index (χ3v) is 4.69. The number of anilines is 3. The van der Waals surface area contributed by atoms with Crippen LogP contribution in [-0.2, 0) is 0 Å². The average molecular weight is 346 g/mol. The minimum atomic E-state index is 0.787. The molecule has 1 aliphatic heterocycles. The number of nitrogens with zero attached hydrogens (tertiary/aromatic N) is 5. The molecule has 0 unspecified atom stereocenters. The van der Waals surface area contributed by atoms with E-state index < -0.39 is 0 Å². The Morgan fingerprint density at radius 2 is 1.75 bits per heavy atom. The summed E-state index contributed by atoms with van der Waals surface area (Å²) in [6.45, 7) is 9.91. The second-order valence-electron chi connectivity index (χ2n) is 5.84. The first-order valence-corrected chi connectivity index (χ1v) is 8.92. The van der Waals surface area contributed by atoms with Gasteiger partial charge in [-0.25, -0.2) is 4.98 Å². The van der Waals surface area contributed by atoms with Gasteiger partial charge in [0.2, 0.25) is 5.95 Å². The van der Waals surface area contributed by atoms with Crippen molar-refractivity contribution in [3.63, 3.8) is 0 Å². The van der Waals surface area contributed by atoms with Gasteiger partial charge < -0.3 is 14.7 Å². The van der Waals surface area contributed by atoms with Gasteiger partial charge in [0.05, 0.1) is 0 Å². The number of aromatic nitrogens is 2. The van der Waals surface area contributed by atoms with Crippen LogP contribution in [0, 0.1) is 0 Å². The van der Waals surface area contributed by atoms with Gasteiger partial charge in [0.15, 0.2) is 0 Å². The van der Waals surface area contributed by atoms with Crippen LogP contribution in [-0.4, -0.2) is 49.2 Å². The third kappa shape index (κ3) is 3.73. The van der Waals surface area contributed by atoms with Gasteiger partial charge in [-0.15, -0.1) is 0 Å². The van der Waals surface area contributed by atoms with Crippen molar-refractivity contribution in [1.29, 1.82) is 0 Å². The molecule has 1 saturated heterocycles. The molecule has 128 valence electrons. The molecule has 2 heterocycles. The van der Waals surface area contributed by atoms with E-state index in [2.05, 4.69) is 39.6 Å². The lowest BCUT2D eigenvalue weighted by atomic mass is 10.2. The third-order valence-electron chi connectivity index (χ3n) is 4.45. The van der Waals surface area contributed by atoms with Gasteiger partial charge in [-0.3, -0.25) is 0 Å². The number of hydrogen-bond donors (Lipinski definition) is 0. The molecule has 1 aromatic carbocycles. The molecular weight excluding hydrogens is 322 g/mol. The van der Waals surface area contributed by atoms with Crippen LogP contribution in [0.25, 0.3) is 0 Å². The molecule has 0 atom stereocenters. The van der Waals surface area contributed by atoms with Crippen molar-refractivity contribution in [2.45, 2.75) is 13.8 Å². The minimum absolute atomic E-state index is 0.787. The van der Waals surface area contributed by atoms with Gasteiger partial charge in [-0.2, -0.15) is 4.98 Å². The topological polar surface area (TPSA) is 35.5 Å². The van der Waals surface area contributed by atoms with Crippen LogP contribution >= 0.6 is 11.6 Å². The lowest BCUT2D eigenvalue weighted by Gasteiger charge is -2.37. The molecular formula is C18H24ClN5. The molecule has 6 heteroatoms. The molecule has 1 aliphatic rings. The van der Waals surface area contributed by atoms with E-state index in [0.717, 1.165) is 56.1 Å². The predicted molar refractivity (Wildman–Crippen MR) is 101 cm³/mol. The first-order valence-electron chi connectivity index (χ1n) is 8.54. The van der Waals surface area contributed by atoms with Gasteiger partial charge in [0.25, 0.3) is 0 Å². The number of piperazine rings is 1. The second kappa shape index (κ2) is 7.71. The van der Waals surface area contributed by atoms with Crippen molar-refractivity contribution in [3.05, 3.63) is 41.6 Å². The van der Waals surface area contributed by atoms with Crippen LogP contribution in [0.5, 0.6) is 0 Å². The molecule has 5 nitrogen and oxygen atoms in total. The van der Waals surface area contributed by atoms with Crippen molar-refractivity contribution in [2.75, 3.05) is 54.0 Å². The van der Waals surface area contributed by atoms with Gasteiger partial charge >= 0.3 is 0 Å². The Morgan fingerprint density at radius 3 is 2.42 bits per heavy atom. The highest BCUT2D eigenvalue weighted by molar-refractivity contribution is 6.30. The summed E-state index contributed by atoms with van der Waals surface area (Å²) in [5.41, 5.74) is 1.19. The fraction of sp³-hybridized carbons (Fsp3) is 0.444. The Morgan fingerprint density at radius 1 is 1.04 bits per heavy atom. The van der Waals surface area contributed by atoms with E-state index in [1.165, 1.54) is 5.69 Å². The molecule has 3 rings (SSSR count). The highest BCUT2D eigenvalue weighted by atomic mass is 35.5. The molecule has 0 spiro atoms. The Hall–Kier alpha value is -2.01. The quantitative estimate of drug-likeness (QED) is 0.830. The highest BCUT2D eigenvalue weighted by Gasteiger charge is 2.19. The van der Waals surface area contributed by atoms with Crippen molar-refractivity contribution in [3.8, 4) is 0 Å². The van der Waals surface area contributed by atoms with E-state index in [0.29, 0.717) is 0 Å². The summed E-state index contributed by atoms with van der Waals surface area (Å²) in [6, 6.07) is 10.1. The average Bonchev–Trinajstić information content (AvgIpc) is 2.63. The smallest absolute Gasteiger partial charge is 0.227 e. The van der Waals surface area contributed by atoms with Crippen LogP contribution in [0.3, 0.4) is 0 Å². The van der Waals surface area contributed by atoms with Crippen molar-refractivity contribution >= 4 is 29.1 Å². The Labute approximate surface area is 148 Å². The zero-order chi connectivity index (χ0) is 16.9.